The highest BCUT2D eigenvalue weighted by Crippen LogP contribution is 2.37. The van der Waals surface area contributed by atoms with Gasteiger partial charge in [0.05, 0.1) is 11.3 Å². The summed E-state index contributed by atoms with van der Waals surface area (Å²) in [7, 11) is 0. The number of thioether (sulfide) groups is 1. The van der Waals surface area contributed by atoms with Gasteiger partial charge in [-0.2, -0.15) is 5.26 Å². The number of fused-ring (bicyclic) bond motifs is 1. The minimum atomic E-state index is -0.357. The van der Waals surface area contributed by atoms with E-state index in [0.717, 1.165) is 43.0 Å². The molecule has 0 aliphatic heterocycles. The Kier molecular flexibility index (Phi) is 5.40. The summed E-state index contributed by atoms with van der Waals surface area (Å²) in [6, 6.07) is 3.42. The number of nitriles is 1. The molecule has 25 heavy (non-hydrogen) atoms. The lowest BCUT2D eigenvalue weighted by Crippen LogP contribution is -2.15. The van der Waals surface area contributed by atoms with Gasteiger partial charge < -0.3 is 16.0 Å². The number of carbonyl (C=O) groups excluding carboxylic acids is 1. The van der Waals surface area contributed by atoms with Gasteiger partial charge in [0.2, 0.25) is 5.91 Å². The van der Waals surface area contributed by atoms with E-state index < -0.39 is 0 Å². The van der Waals surface area contributed by atoms with Gasteiger partial charge in [-0.25, -0.2) is 4.98 Å². The van der Waals surface area contributed by atoms with Crippen LogP contribution in [0.1, 0.15) is 35.3 Å². The van der Waals surface area contributed by atoms with Gasteiger partial charge >= 0.3 is 0 Å². The molecule has 0 atom stereocenters. The van der Waals surface area contributed by atoms with Gasteiger partial charge in [0, 0.05) is 10.9 Å². The lowest BCUT2D eigenvalue weighted by Gasteiger charge is -2.04. The van der Waals surface area contributed by atoms with E-state index in [1.54, 1.807) is 0 Å². The molecule has 1 amide bonds. The summed E-state index contributed by atoms with van der Waals surface area (Å²) in [5.41, 5.74) is 6.84. The van der Waals surface area contributed by atoms with Crippen molar-refractivity contribution in [3.05, 3.63) is 32.4 Å². The average molecular weight is 375 g/mol. The van der Waals surface area contributed by atoms with Crippen molar-refractivity contribution in [2.75, 3.05) is 16.8 Å². The van der Waals surface area contributed by atoms with Crippen LogP contribution in [0.3, 0.4) is 0 Å². The van der Waals surface area contributed by atoms with E-state index in [2.05, 4.69) is 21.4 Å². The molecular formula is C16H17N5O2S2. The molecule has 3 rings (SSSR count). The number of nitrogens with zero attached hydrogens (tertiary/aromatic N) is 2. The Morgan fingerprint density at radius 3 is 3.00 bits per heavy atom. The fourth-order valence-corrected chi connectivity index (χ4v) is 4.71. The molecule has 4 N–H and O–H groups in total. The predicted octanol–water partition coefficient (Wildman–Crippen LogP) is 2.28. The molecule has 9 heteroatoms. The van der Waals surface area contributed by atoms with Crippen LogP contribution >= 0.6 is 23.1 Å². The third-order valence-electron chi connectivity index (χ3n) is 3.87. The molecule has 0 radical (unpaired) electrons. The second kappa shape index (κ2) is 7.72. The Labute approximate surface area is 152 Å². The summed E-state index contributed by atoms with van der Waals surface area (Å²) >= 11 is 2.59. The van der Waals surface area contributed by atoms with Crippen molar-refractivity contribution in [2.45, 2.75) is 37.3 Å². The molecule has 0 fully saturated rings. The fourth-order valence-electron chi connectivity index (χ4n) is 2.77. The molecule has 1 aliphatic rings. The number of aromatic amines is 1. The van der Waals surface area contributed by atoms with Gasteiger partial charge in [-0.15, -0.1) is 11.3 Å². The van der Waals surface area contributed by atoms with Crippen LogP contribution in [0.25, 0.3) is 0 Å². The Morgan fingerprint density at radius 2 is 2.24 bits per heavy atom. The topological polar surface area (TPSA) is 125 Å². The minimum absolute atomic E-state index is 0.0693. The summed E-state index contributed by atoms with van der Waals surface area (Å²) in [5.74, 6) is -0.0665. The number of H-pyrrole nitrogens is 1. The maximum absolute atomic E-state index is 12.2. The number of hydrogen-bond donors (Lipinski definition) is 3. The first-order valence-electron chi connectivity index (χ1n) is 7.91. The number of aromatic nitrogens is 2. The number of aryl methyl sites for hydroxylation is 1. The number of rotatable bonds is 4. The molecule has 2 aromatic heterocycles. The summed E-state index contributed by atoms with van der Waals surface area (Å²) in [4.78, 5) is 31.3. The van der Waals surface area contributed by atoms with Crippen molar-refractivity contribution in [3.63, 3.8) is 0 Å². The molecule has 0 bridgehead atoms. The van der Waals surface area contributed by atoms with Crippen LogP contribution in [0.2, 0.25) is 0 Å². The third kappa shape index (κ3) is 4.21. The zero-order valence-corrected chi connectivity index (χ0v) is 15.1. The average Bonchev–Trinajstić information content (AvgIpc) is 2.72. The smallest absolute Gasteiger partial charge is 0.253 e. The van der Waals surface area contributed by atoms with E-state index in [4.69, 9.17) is 5.73 Å². The SMILES string of the molecule is N#Cc1c(NC(=O)CSc2nc(N)cc(=O)[nH]2)sc2c1CCCCC2. The first-order chi connectivity index (χ1) is 12.1. The number of thiophene rings is 1. The van der Waals surface area contributed by atoms with Crippen LogP contribution in [-0.4, -0.2) is 21.6 Å². The number of nitrogen functional groups attached to an aromatic ring is 1. The number of hydrogen-bond acceptors (Lipinski definition) is 7. The van der Waals surface area contributed by atoms with Gasteiger partial charge in [-0.05, 0) is 31.2 Å². The lowest BCUT2D eigenvalue weighted by molar-refractivity contribution is -0.113. The summed E-state index contributed by atoms with van der Waals surface area (Å²) < 4.78 is 0. The number of anilines is 2. The number of amides is 1. The zero-order valence-electron chi connectivity index (χ0n) is 13.4. The van der Waals surface area contributed by atoms with Crippen LogP contribution < -0.4 is 16.6 Å². The second-order valence-electron chi connectivity index (χ2n) is 5.69. The Bertz CT molecular complexity index is 897. The molecule has 0 saturated heterocycles. The van der Waals surface area contributed by atoms with E-state index in [1.807, 2.05) is 0 Å². The highest BCUT2D eigenvalue weighted by atomic mass is 32.2. The van der Waals surface area contributed by atoms with Gasteiger partial charge in [0.1, 0.15) is 16.9 Å². The standard InChI is InChI=1S/C16H17N5O2S2/c17-7-10-9-4-2-1-3-5-11(9)25-15(10)20-14(23)8-24-16-19-12(18)6-13(22)21-16/h6H,1-5,8H2,(H,20,23)(H3,18,19,21,22). The van der Waals surface area contributed by atoms with Crippen molar-refractivity contribution in [1.82, 2.24) is 9.97 Å². The van der Waals surface area contributed by atoms with Gasteiger partial charge in [0.25, 0.3) is 5.56 Å². The second-order valence-corrected chi connectivity index (χ2v) is 7.76. The maximum atomic E-state index is 12.2. The van der Waals surface area contributed by atoms with Crippen molar-refractivity contribution in [2.24, 2.45) is 0 Å². The Balaban J connectivity index is 1.69. The van der Waals surface area contributed by atoms with E-state index >= 15 is 0 Å². The zero-order chi connectivity index (χ0) is 17.8. The normalized spacial score (nSPS) is 13.6. The third-order valence-corrected chi connectivity index (χ3v) is 5.95. The molecule has 2 heterocycles. The fraction of sp³-hybridized carbons (Fsp3) is 0.375. The number of nitrogens with one attached hydrogen (secondary N) is 2. The molecule has 0 spiro atoms. The maximum Gasteiger partial charge on any atom is 0.253 e. The van der Waals surface area contributed by atoms with Crippen molar-refractivity contribution < 1.29 is 4.79 Å². The molecular weight excluding hydrogens is 358 g/mol. The van der Waals surface area contributed by atoms with Crippen LogP contribution in [0, 0.1) is 11.3 Å². The van der Waals surface area contributed by atoms with Crippen LogP contribution in [0.15, 0.2) is 16.0 Å². The molecule has 7 nitrogen and oxygen atoms in total. The van der Waals surface area contributed by atoms with Gasteiger partial charge in [0.15, 0.2) is 5.16 Å². The first-order valence-corrected chi connectivity index (χ1v) is 9.71. The van der Waals surface area contributed by atoms with Crippen LogP contribution in [-0.2, 0) is 17.6 Å². The van der Waals surface area contributed by atoms with Crippen LogP contribution in [0.4, 0.5) is 10.8 Å². The summed E-state index contributed by atoms with van der Waals surface area (Å²) in [6.07, 6.45) is 5.24. The Morgan fingerprint density at radius 1 is 1.44 bits per heavy atom. The molecule has 1 aliphatic carbocycles. The van der Waals surface area contributed by atoms with E-state index in [0.29, 0.717) is 15.7 Å². The molecule has 2 aromatic rings. The van der Waals surface area contributed by atoms with Gasteiger partial charge in [-0.3, -0.25) is 9.59 Å². The van der Waals surface area contributed by atoms with E-state index in [9.17, 15) is 14.9 Å². The molecule has 130 valence electrons. The predicted molar refractivity (Wildman–Crippen MR) is 98.9 cm³/mol. The number of nitrogens with two attached hydrogens (primary N) is 1. The van der Waals surface area contributed by atoms with Crippen LogP contribution in [0.5, 0.6) is 0 Å². The van der Waals surface area contributed by atoms with E-state index in [-0.39, 0.29) is 23.0 Å². The number of carbonyl (C=O) groups is 1. The van der Waals surface area contributed by atoms with Crippen molar-refractivity contribution in [1.29, 1.82) is 5.26 Å². The first kappa shape index (κ1) is 17.5. The quantitative estimate of drug-likeness (QED) is 0.428. The highest BCUT2D eigenvalue weighted by Gasteiger charge is 2.21. The summed E-state index contributed by atoms with van der Waals surface area (Å²) in [6.45, 7) is 0. The molecule has 0 aromatic carbocycles. The van der Waals surface area contributed by atoms with Gasteiger partial charge in [-0.1, -0.05) is 18.2 Å². The Hall–Kier alpha value is -2.31. The lowest BCUT2D eigenvalue weighted by atomic mass is 10.1. The van der Waals surface area contributed by atoms with E-state index in [1.165, 1.54) is 28.7 Å². The highest BCUT2D eigenvalue weighted by molar-refractivity contribution is 7.99. The summed E-state index contributed by atoms with van der Waals surface area (Å²) in [5, 5.41) is 13.2. The largest absolute Gasteiger partial charge is 0.383 e. The molecule has 0 unspecified atom stereocenters. The van der Waals surface area contributed by atoms with Crippen molar-refractivity contribution in [3.8, 4) is 6.07 Å². The monoisotopic (exact) mass is 375 g/mol. The van der Waals surface area contributed by atoms with Crippen molar-refractivity contribution >= 4 is 39.8 Å². The minimum Gasteiger partial charge on any atom is -0.383 e. The molecule has 0 saturated carbocycles.